The molecule has 1 saturated heterocycles. The van der Waals surface area contributed by atoms with E-state index in [1.165, 1.54) is 0 Å². The highest BCUT2D eigenvalue weighted by Crippen LogP contribution is 2.44. The maximum absolute atomic E-state index is 14.8. The minimum absolute atomic E-state index is 0.0716. The van der Waals surface area contributed by atoms with E-state index in [0.717, 1.165) is 12.0 Å². The molecule has 2 aliphatic rings. The van der Waals surface area contributed by atoms with Crippen molar-refractivity contribution in [3.8, 4) is 16.9 Å². The highest BCUT2D eigenvalue weighted by atomic mass is 19.3. The van der Waals surface area contributed by atoms with E-state index in [4.69, 9.17) is 0 Å². The number of nitrogens with one attached hydrogen (secondary N) is 1. The largest absolute Gasteiger partial charge is 0.482 e. The predicted octanol–water partition coefficient (Wildman–Crippen LogP) is 2.48. The number of esters is 1. The van der Waals surface area contributed by atoms with Crippen LogP contribution in [0.2, 0.25) is 0 Å². The van der Waals surface area contributed by atoms with Crippen LogP contribution in [0.3, 0.4) is 0 Å². The van der Waals surface area contributed by atoms with E-state index in [2.05, 4.69) is 14.8 Å². The fourth-order valence-corrected chi connectivity index (χ4v) is 4.05. The summed E-state index contributed by atoms with van der Waals surface area (Å²) in [4.78, 5) is 38.5. The van der Waals surface area contributed by atoms with Gasteiger partial charge >= 0.3 is 18.0 Å². The average Bonchev–Trinajstić information content (AvgIpc) is 2.89. The van der Waals surface area contributed by atoms with Crippen molar-refractivity contribution in [3.05, 3.63) is 47.0 Å². The Balaban J connectivity index is 1.82. The SMILES string of the molecule is COC(=O)[C@@H]1CNCCN1C(=O)CN1C(=O)C(F)(F)Oc2cc(F)c(-c3c(F)c(F)c(F)c(F)c3F)cc21. The topological polar surface area (TPSA) is 88.2 Å². The molecule has 2 aromatic rings. The van der Waals surface area contributed by atoms with Gasteiger partial charge in [0.15, 0.2) is 29.0 Å². The summed E-state index contributed by atoms with van der Waals surface area (Å²) >= 11 is 0. The van der Waals surface area contributed by atoms with Crippen LogP contribution in [0.25, 0.3) is 11.1 Å². The lowest BCUT2D eigenvalue weighted by Crippen LogP contribution is -2.60. The number of carbonyl (C=O) groups is 3. The Hall–Kier alpha value is -3.95. The number of hydrogen-bond acceptors (Lipinski definition) is 6. The molecule has 204 valence electrons. The maximum Gasteiger partial charge on any atom is 0.482 e. The highest BCUT2D eigenvalue weighted by Gasteiger charge is 2.52. The number of alkyl halides is 2. The number of piperazine rings is 1. The summed E-state index contributed by atoms with van der Waals surface area (Å²) in [5.41, 5.74) is -3.88. The van der Waals surface area contributed by atoms with Crippen LogP contribution in [-0.4, -0.2) is 68.1 Å². The van der Waals surface area contributed by atoms with Gasteiger partial charge in [0.25, 0.3) is 0 Å². The van der Waals surface area contributed by atoms with Gasteiger partial charge in [-0.05, 0) is 6.07 Å². The summed E-state index contributed by atoms with van der Waals surface area (Å²) in [5.74, 6) is -19.1. The molecular weight excluding hydrogens is 538 g/mol. The first kappa shape index (κ1) is 27.1. The van der Waals surface area contributed by atoms with Crippen molar-refractivity contribution in [1.82, 2.24) is 10.2 Å². The van der Waals surface area contributed by atoms with Crippen molar-refractivity contribution in [2.75, 3.05) is 38.2 Å². The molecular formula is C22H15F8N3O5. The van der Waals surface area contributed by atoms with Gasteiger partial charge in [-0.1, -0.05) is 0 Å². The minimum atomic E-state index is -4.63. The first-order valence-electron chi connectivity index (χ1n) is 10.6. The number of carbonyl (C=O) groups excluding carboxylic acids is 3. The molecule has 2 heterocycles. The third-order valence-corrected chi connectivity index (χ3v) is 5.88. The molecule has 1 atom stereocenters. The fraction of sp³-hybridized carbons (Fsp3) is 0.318. The number of nitrogens with zero attached hydrogens (tertiary/aromatic N) is 2. The second kappa shape index (κ2) is 9.74. The molecule has 2 amide bonds. The number of fused-ring (bicyclic) bond motifs is 1. The molecule has 0 radical (unpaired) electrons. The molecule has 4 rings (SSSR count). The Labute approximate surface area is 207 Å². The molecule has 16 heteroatoms. The zero-order chi connectivity index (χ0) is 28.1. The van der Waals surface area contributed by atoms with E-state index >= 15 is 0 Å². The Kier molecular flexibility index (Phi) is 6.94. The zero-order valence-corrected chi connectivity index (χ0v) is 19.0. The lowest BCUT2D eigenvalue weighted by molar-refractivity contribution is -0.193. The molecule has 8 nitrogen and oxygen atoms in total. The van der Waals surface area contributed by atoms with Crippen LogP contribution in [0.15, 0.2) is 12.1 Å². The molecule has 38 heavy (non-hydrogen) atoms. The van der Waals surface area contributed by atoms with E-state index in [1.807, 2.05) is 0 Å². The number of anilines is 1. The van der Waals surface area contributed by atoms with Gasteiger partial charge in [-0.15, -0.1) is 0 Å². The van der Waals surface area contributed by atoms with E-state index in [9.17, 15) is 49.5 Å². The molecule has 2 aromatic carbocycles. The number of methoxy groups -OCH3 is 1. The normalized spacial score (nSPS) is 18.7. The smallest absolute Gasteiger partial charge is 0.467 e. The van der Waals surface area contributed by atoms with Crippen molar-refractivity contribution in [1.29, 1.82) is 0 Å². The summed E-state index contributed by atoms with van der Waals surface area (Å²) in [6, 6.07) is -0.726. The Morgan fingerprint density at radius 2 is 1.66 bits per heavy atom. The number of halogens is 8. The van der Waals surface area contributed by atoms with Crippen molar-refractivity contribution in [2.45, 2.75) is 12.2 Å². The van der Waals surface area contributed by atoms with E-state index in [0.29, 0.717) is 6.07 Å². The van der Waals surface area contributed by atoms with Crippen LogP contribution in [0, 0.1) is 34.9 Å². The lowest BCUT2D eigenvalue weighted by atomic mass is 10.0. The summed E-state index contributed by atoms with van der Waals surface area (Å²) in [5, 5.41) is 2.82. The summed E-state index contributed by atoms with van der Waals surface area (Å²) in [6.45, 7) is -1.20. The molecule has 0 aliphatic carbocycles. The third-order valence-electron chi connectivity index (χ3n) is 5.88. The van der Waals surface area contributed by atoms with Gasteiger partial charge in [-0.2, -0.15) is 8.78 Å². The standard InChI is InChI=1S/C22H15F8N3O5/c1-37-20(35)11-6-31-2-3-32(11)13(34)7-33-10-4-8(9(23)5-12(10)38-22(29,30)21(33)36)14-15(24)17(26)19(28)18(27)16(14)25/h4-5,11,31H,2-3,6-7H2,1H3/t11-/m0/s1. The quantitative estimate of drug-likeness (QED) is 0.271. The van der Waals surface area contributed by atoms with E-state index in [-0.39, 0.29) is 30.6 Å². The molecule has 1 N–H and O–H groups in total. The van der Waals surface area contributed by atoms with Gasteiger partial charge in [0.05, 0.1) is 18.4 Å². The predicted molar refractivity (Wildman–Crippen MR) is 110 cm³/mol. The molecule has 1 fully saturated rings. The van der Waals surface area contributed by atoms with Crippen molar-refractivity contribution >= 4 is 23.5 Å². The van der Waals surface area contributed by atoms with Gasteiger partial charge in [-0.3, -0.25) is 14.5 Å². The molecule has 0 spiro atoms. The van der Waals surface area contributed by atoms with Crippen LogP contribution in [0.4, 0.5) is 40.8 Å². The van der Waals surface area contributed by atoms with E-state index < -0.39 is 93.9 Å². The second-order valence-electron chi connectivity index (χ2n) is 8.09. The Morgan fingerprint density at radius 3 is 2.26 bits per heavy atom. The highest BCUT2D eigenvalue weighted by molar-refractivity contribution is 6.05. The van der Waals surface area contributed by atoms with Crippen LogP contribution in [0.5, 0.6) is 5.75 Å². The summed E-state index contributed by atoms with van der Waals surface area (Å²) in [6.07, 6.45) is -4.63. The van der Waals surface area contributed by atoms with Crippen LogP contribution >= 0.6 is 0 Å². The maximum atomic E-state index is 14.8. The third kappa shape index (κ3) is 4.37. The van der Waals surface area contributed by atoms with Crippen LogP contribution in [-0.2, 0) is 19.1 Å². The van der Waals surface area contributed by atoms with Crippen LogP contribution < -0.4 is 15.0 Å². The zero-order valence-electron chi connectivity index (χ0n) is 19.0. The molecule has 0 unspecified atom stereocenters. The van der Waals surface area contributed by atoms with Crippen molar-refractivity contribution < 1.29 is 59.0 Å². The van der Waals surface area contributed by atoms with Gasteiger partial charge < -0.3 is 19.7 Å². The second-order valence-corrected chi connectivity index (χ2v) is 8.09. The first-order chi connectivity index (χ1) is 17.8. The number of amides is 2. The van der Waals surface area contributed by atoms with Gasteiger partial charge in [0.2, 0.25) is 11.7 Å². The molecule has 2 aliphatic heterocycles. The molecule has 0 aromatic heterocycles. The lowest BCUT2D eigenvalue weighted by Gasteiger charge is -2.37. The summed E-state index contributed by atoms with van der Waals surface area (Å²) in [7, 11) is 1.04. The fourth-order valence-electron chi connectivity index (χ4n) is 4.05. The number of rotatable bonds is 4. The number of hydrogen-bond donors (Lipinski definition) is 1. The minimum Gasteiger partial charge on any atom is -0.467 e. The Morgan fingerprint density at radius 1 is 1.05 bits per heavy atom. The average molecular weight is 553 g/mol. The van der Waals surface area contributed by atoms with Gasteiger partial charge in [0, 0.05) is 31.3 Å². The summed E-state index contributed by atoms with van der Waals surface area (Å²) < 4.78 is 122. The van der Waals surface area contributed by atoms with Crippen molar-refractivity contribution in [3.63, 3.8) is 0 Å². The number of ether oxygens (including phenoxy) is 2. The van der Waals surface area contributed by atoms with Gasteiger partial charge in [0.1, 0.15) is 18.4 Å². The molecule has 0 saturated carbocycles. The first-order valence-corrected chi connectivity index (χ1v) is 10.6. The van der Waals surface area contributed by atoms with E-state index in [1.54, 1.807) is 0 Å². The van der Waals surface area contributed by atoms with Gasteiger partial charge in [-0.25, -0.2) is 31.1 Å². The van der Waals surface area contributed by atoms with Crippen LogP contribution in [0.1, 0.15) is 0 Å². The number of benzene rings is 2. The molecule has 0 bridgehead atoms. The Bertz CT molecular complexity index is 1330. The van der Waals surface area contributed by atoms with Crippen molar-refractivity contribution in [2.24, 2.45) is 0 Å². The monoisotopic (exact) mass is 553 g/mol.